The van der Waals surface area contributed by atoms with E-state index in [0.717, 1.165) is 12.9 Å². The van der Waals surface area contributed by atoms with Crippen molar-refractivity contribution in [3.05, 3.63) is 0 Å². The van der Waals surface area contributed by atoms with Crippen LogP contribution in [0.25, 0.3) is 0 Å². The van der Waals surface area contributed by atoms with Crippen LogP contribution in [0.4, 0.5) is 0 Å². The lowest BCUT2D eigenvalue weighted by atomic mass is 9.76. The zero-order valence-electron chi connectivity index (χ0n) is 8.54. The molecule has 1 aliphatic heterocycles. The highest BCUT2D eigenvalue weighted by Gasteiger charge is 2.30. The third-order valence-electron chi connectivity index (χ3n) is 2.38. The molecule has 2 nitrogen and oxygen atoms in total. The Balaban J connectivity index is 2.30. The van der Waals surface area contributed by atoms with Gasteiger partial charge in [0.05, 0.1) is 0 Å². The lowest BCUT2D eigenvalue weighted by Gasteiger charge is -2.31. The lowest BCUT2D eigenvalue weighted by Crippen LogP contribution is -2.40. The minimum absolute atomic E-state index is 0.0381. The Morgan fingerprint density at radius 1 is 1.42 bits per heavy atom. The van der Waals surface area contributed by atoms with Crippen LogP contribution in [0.15, 0.2) is 0 Å². The molecule has 0 aromatic carbocycles. The normalized spacial score (nSPS) is 31.2. The fourth-order valence-electron chi connectivity index (χ4n) is 1.32. The molecule has 1 rings (SSSR count). The standard InChI is InChI=1S/C9H19BO2/c1-7(2)5-10-11-6-8(3)9(4)12-10/h7-9H,5-6H2,1-4H3. The predicted molar refractivity (Wildman–Crippen MR) is 51.1 cm³/mol. The first kappa shape index (κ1) is 10.1. The van der Waals surface area contributed by atoms with Gasteiger partial charge in [0, 0.05) is 18.6 Å². The molecule has 0 saturated carbocycles. The fraction of sp³-hybridized carbons (Fsp3) is 1.00. The molecule has 2 unspecified atom stereocenters. The van der Waals surface area contributed by atoms with E-state index in [1.54, 1.807) is 0 Å². The van der Waals surface area contributed by atoms with Crippen molar-refractivity contribution in [3.63, 3.8) is 0 Å². The summed E-state index contributed by atoms with van der Waals surface area (Å²) in [5.74, 6) is 1.18. The minimum atomic E-state index is 0.0381. The van der Waals surface area contributed by atoms with Crippen LogP contribution in [0.5, 0.6) is 0 Å². The number of hydrogen-bond acceptors (Lipinski definition) is 2. The average molecular weight is 170 g/mol. The molecule has 0 bridgehead atoms. The van der Waals surface area contributed by atoms with Crippen molar-refractivity contribution in [2.75, 3.05) is 6.61 Å². The monoisotopic (exact) mass is 170 g/mol. The Morgan fingerprint density at radius 2 is 2.08 bits per heavy atom. The summed E-state index contributed by atoms with van der Waals surface area (Å²) in [6.07, 6.45) is 1.36. The van der Waals surface area contributed by atoms with Gasteiger partial charge in [0.25, 0.3) is 0 Å². The van der Waals surface area contributed by atoms with Gasteiger partial charge in [0.15, 0.2) is 0 Å². The smallest absolute Gasteiger partial charge is 0.411 e. The predicted octanol–water partition coefficient (Wildman–Crippen LogP) is 2.20. The highest BCUT2D eigenvalue weighted by molar-refractivity contribution is 6.44. The number of hydrogen-bond donors (Lipinski definition) is 0. The van der Waals surface area contributed by atoms with Crippen LogP contribution in [-0.4, -0.2) is 19.8 Å². The van der Waals surface area contributed by atoms with Crippen molar-refractivity contribution in [3.8, 4) is 0 Å². The molecule has 12 heavy (non-hydrogen) atoms. The van der Waals surface area contributed by atoms with Crippen molar-refractivity contribution >= 4 is 7.12 Å². The van der Waals surface area contributed by atoms with E-state index in [0.29, 0.717) is 17.9 Å². The van der Waals surface area contributed by atoms with E-state index in [1.165, 1.54) is 0 Å². The quantitative estimate of drug-likeness (QED) is 0.591. The summed E-state index contributed by atoms with van der Waals surface area (Å²) in [7, 11) is 0.0381. The van der Waals surface area contributed by atoms with Gasteiger partial charge in [-0.05, 0) is 19.2 Å². The van der Waals surface area contributed by atoms with Crippen LogP contribution < -0.4 is 0 Å². The lowest BCUT2D eigenvalue weighted by molar-refractivity contribution is 0.0297. The van der Waals surface area contributed by atoms with E-state index in [-0.39, 0.29) is 7.12 Å². The molecule has 1 heterocycles. The topological polar surface area (TPSA) is 18.5 Å². The molecule has 3 heteroatoms. The van der Waals surface area contributed by atoms with Crippen molar-refractivity contribution in [2.45, 2.75) is 40.1 Å². The molecular weight excluding hydrogens is 151 g/mol. The molecule has 70 valence electrons. The summed E-state index contributed by atoms with van der Waals surface area (Å²) in [6, 6.07) is 0. The molecule has 1 aliphatic rings. The summed E-state index contributed by atoms with van der Waals surface area (Å²) in [4.78, 5) is 0. The zero-order chi connectivity index (χ0) is 9.14. The summed E-state index contributed by atoms with van der Waals surface area (Å²) in [5.41, 5.74) is 0. The van der Waals surface area contributed by atoms with Gasteiger partial charge in [-0.3, -0.25) is 0 Å². The van der Waals surface area contributed by atoms with Gasteiger partial charge in [-0.1, -0.05) is 20.8 Å². The SMILES string of the molecule is CC(C)CB1OCC(C)C(C)O1. The van der Waals surface area contributed by atoms with Crippen LogP contribution in [0.2, 0.25) is 6.32 Å². The number of rotatable bonds is 2. The van der Waals surface area contributed by atoms with Crippen molar-refractivity contribution < 1.29 is 9.31 Å². The largest absolute Gasteiger partial charge is 0.457 e. The maximum absolute atomic E-state index is 5.69. The third-order valence-corrected chi connectivity index (χ3v) is 2.38. The van der Waals surface area contributed by atoms with Crippen LogP contribution in [-0.2, 0) is 9.31 Å². The molecule has 0 aromatic rings. The van der Waals surface area contributed by atoms with E-state index in [2.05, 4.69) is 27.7 Å². The summed E-state index contributed by atoms with van der Waals surface area (Å²) in [5, 5.41) is 0. The van der Waals surface area contributed by atoms with Gasteiger partial charge in [-0.15, -0.1) is 0 Å². The fourth-order valence-corrected chi connectivity index (χ4v) is 1.32. The van der Waals surface area contributed by atoms with E-state index in [9.17, 15) is 0 Å². The molecule has 1 saturated heterocycles. The van der Waals surface area contributed by atoms with E-state index < -0.39 is 0 Å². The minimum Gasteiger partial charge on any atom is -0.411 e. The Hall–Kier alpha value is -0.0151. The Labute approximate surface area is 75.8 Å². The Kier molecular flexibility index (Phi) is 3.60. The Morgan fingerprint density at radius 3 is 2.58 bits per heavy atom. The first-order chi connectivity index (χ1) is 5.59. The molecule has 1 fully saturated rings. The van der Waals surface area contributed by atoms with Gasteiger partial charge in [0.1, 0.15) is 0 Å². The van der Waals surface area contributed by atoms with Crippen LogP contribution in [0.3, 0.4) is 0 Å². The van der Waals surface area contributed by atoms with E-state index >= 15 is 0 Å². The first-order valence-electron chi connectivity index (χ1n) is 4.86. The summed E-state index contributed by atoms with van der Waals surface area (Å²) < 4.78 is 11.2. The van der Waals surface area contributed by atoms with Crippen LogP contribution in [0.1, 0.15) is 27.7 Å². The second kappa shape index (κ2) is 4.29. The summed E-state index contributed by atoms with van der Waals surface area (Å²) in [6.45, 7) is 9.51. The third kappa shape index (κ3) is 2.79. The van der Waals surface area contributed by atoms with Gasteiger partial charge < -0.3 is 9.31 Å². The summed E-state index contributed by atoms with van der Waals surface area (Å²) >= 11 is 0. The van der Waals surface area contributed by atoms with Gasteiger partial charge in [-0.25, -0.2) is 0 Å². The highest BCUT2D eigenvalue weighted by atomic mass is 16.6. The molecular formula is C9H19BO2. The van der Waals surface area contributed by atoms with E-state index in [1.807, 2.05) is 0 Å². The second-order valence-electron chi connectivity index (χ2n) is 4.21. The average Bonchev–Trinajstić information content (AvgIpc) is 1.96. The van der Waals surface area contributed by atoms with Crippen molar-refractivity contribution in [2.24, 2.45) is 11.8 Å². The van der Waals surface area contributed by atoms with Crippen LogP contribution in [0, 0.1) is 11.8 Å². The molecule has 0 N–H and O–H groups in total. The maximum atomic E-state index is 5.69. The van der Waals surface area contributed by atoms with E-state index in [4.69, 9.17) is 9.31 Å². The molecule has 0 amide bonds. The second-order valence-corrected chi connectivity index (χ2v) is 4.21. The maximum Gasteiger partial charge on any atom is 0.457 e. The van der Waals surface area contributed by atoms with Gasteiger partial charge >= 0.3 is 7.12 Å². The molecule has 0 radical (unpaired) electrons. The molecule has 2 atom stereocenters. The molecule has 0 aliphatic carbocycles. The Bertz CT molecular complexity index is 138. The first-order valence-corrected chi connectivity index (χ1v) is 4.86. The highest BCUT2D eigenvalue weighted by Crippen LogP contribution is 2.19. The van der Waals surface area contributed by atoms with Gasteiger partial charge in [0.2, 0.25) is 0 Å². The van der Waals surface area contributed by atoms with Crippen LogP contribution >= 0.6 is 0 Å². The van der Waals surface area contributed by atoms with Crippen molar-refractivity contribution in [1.29, 1.82) is 0 Å². The molecule has 0 spiro atoms. The zero-order valence-corrected chi connectivity index (χ0v) is 8.54. The molecule has 0 aromatic heterocycles. The van der Waals surface area contributed by atoms with Gasteiger partial charge in [-0.2, -0.15) is 0 Å². The van der Waals surface area contributed by atoms with Crippen molar-refractivity contribution in [1.82, 2.24) is 0 Å².